The Morgan fingerprint density at radius 2 is 1.81 bits per heavy atom. The Labute approximate surface area is 125 Å². The third-order valence-electron chi connectivity index (χ3n) is 3.40. The molecule has 0 aliphatic heterocycles. The smallest absolute Gasteiger partial charge is 0.312 e. The van der Waals surface area contributed by atoms with Gasteiger partial charge >= 0.3 is 12.0 Å². The highest BCUT2D eigenvalue weighted by molar-refractivity contribution is 5.87. The maximum absolute atomic E-state index is 12.7. The van der Waals surface area contributed by atoms with E-state index in [0.29, 0.717) is 6.42 Å². The Morgan fingerprint density at radius 1 is 1.29 bits per heavy atom. The van der Waals surface area contributed by atoms with Crippen LogP contribution in [0.25, 0.3) is 0 Å². The number of carboxylic acid groups (broad SMARTS) is 1. The van der Waals surface area contributed by atoms with Gasteiger partial charge in [0.2, 0.25) is 5.91 Å². The number of primary amides is 1. The van der Waals surface area contributed by atoms with Crippen LogP contribution in [0.15, 0.2) is 0 Å². The molecule has 0 saturated carbocycles. The molecule has 21 heavy (non-hydrogen) atoms. The van der Waals surface area contributed by atoms with Gasteiger partial charge in [0.1, 0.15) is 6.04 Å². The fourth-order valence-corrected chi connectivity index (χ4v) is 1.99. The summed E-state index contributed by atoms with van der Waals surface area (Å²) in [7, 11) is 0. The van der Waals surface area contributed by atoms with E-state index in [1.54, 1.807) is 0 Å². The lowest BCUT2D eigenvalue weighted by molar-refractivity contribution is -0.142. The Kier molecular flexibility index (Phi) is 7.18. The monoisotopic (exact) mass is 301 g/mol. The van der Waals surface area contributed by atoms with Crippen molar-refractivity contribution in [1.29, 1.82) is 0 Å². The van der Waals surface area contributed by atoms with Crippen molar-refractivity contribution in [3.8, 4) is 0 Å². The van der Waals surface area contributed by atoms with E-state index in [0.717, 1.165) is 0 Å². The first-order chi connectivity index (χ1) is 9.50. The van der Waals surface area contributed by atoms with Crippen molar-refractivity contribution >= 4 is 17.9 Å². The molecule has 0 saturated heterocycles. The van der Waals surface area contributed by atoms with Gasteiger partial charge in [0.15, 0.2) is 0 Å². The molecule has 0 spiro atoms. The lowest BCUT2D eigenvalue weighted by atomic mass is 9.95. The number of carbonyl (C=O) groups excluding carboxylic acids is 2. The third kappa shape index (κ3) is 6.46. The van der Waals surface area contributed by atoms with Crippen molar-refractivity contribution in [2.24, 2.45) is 11.7 Å². The van der Waals surface area contributed by atoms with Crippen LogP contribution in [0.4, 0.5) is 4.79 Å². The quantitative estimate of drug-likeness (QED) is 0.655. The molecule has 122 valence electrons. The molecule has 0 radical (unpaired) electrons. The Morgan fingerprint density at radius 3 is 2.14 bits per heavy atom. The minimum atomic E-state index is -0.972. The van der Waals surface area contributed by atoms with Crippen molar-refractivity contribution < 1.29 is 19.5 Å². The number of hydrogen-bond acceptors (Lipinski definition) is 3. The van der Waals surface area contributed by atoms with E-state index in [9.17, 15) is 14.4 Å². The van der Waals surface area contributed by atoms with Crippen LogP contribution in [0.1, 0.15) is 47.5 Å². The summed E-state index contributed by atoms with van der Waals surface area (Å²) in [6.45, 7) is 9.31. The largest absolute Gasteiger partial charge is 0.481 e. The second-order valence-electron chi connectivity index (χ2n) is 6.18. The summed E-state index contributed by atoms with van der Waals surface area (Å²) in [6, 6.07) is -1.51. The second-order valence-corrected chi connectivity index (χ2v) is 6.18. The van der Waals surface area contributed by atoms with E-state index >= 15 is 0 Å². The molecule has 0 fully saturated rings. The normalized spacial score (nSPS) is 14.1. The minimum Gasteiger partial charge on any atom is -0.481 e. The van der Waals surface area contributed by atoms with E-state index in [1.807, 2.05) is 34.6 Å². The van der Waals surface area contributed by atoms with Crippen LogP contribution in [0.2, 0.25) is 0 Å². The van der Waals surface area contributed by atoms with Crippen LogP contribution in [0.5, 0.6) is 0 Å². The molecule has 0 heterocycles. The summed E-state index contributed by atoms with van der Waals surface area (Å²) in [5.41, 5.74) is 4.60. The molecule has 0 aliphatic rings. The van der Waals surface area contributed by atoms with E-state index in [-0.39, 0.29) is 24.8 Å². The Bertz CT molecular complexity index is 390. The first-order valence-corrected chi connectivity index (χ1v) is 7.10. The molecule has 0 rings (SSSR count). The average molecular weight is 301 g/mol. The first-order valence-electron chi connectivity index (χ1n) is 7.10. The van der Waals surface area contributed by atoms with E-state index in [4.69, 9.17) is 10.8 Å². The van der Waals surface area contributed by atoms with E-state index < -0.39 is 23.6 Å². The van der Waals surface area contributed by atoms with Crippen LogP contribution >= 0.6 is 0 Å². The molecule has 2 unspecified atom stereocenters. The molecule has 3 amide bonds. The molecule has 0 aromatic carbocycles. The molecule has 0 aromatic heterocycles. The van der Waals surface area contributed by atoms with Gasteiger partial charge in [-0.15, -0.1) is 0 Å². The molecule has 0 bridgehead atoms. The Hall–Kier alpha value is -1.79. The van der Waals surface area contributed by atoms with Gasteiger partial charge in [-0.3, -0.25) is 9.59 Å². The predicted molar refractivity (Wildman–Crippen MR) is 79.7 cm³/mol. The van der Waals surface area contributed by atoms with E-state index in [1.165, 1.54) is 4.90 Å². The maximum Gasteiger partial charge on any atom is 0.312 e. The lowest BCUT2D eigenvalue weighted by Crippen LogP contribution is -2.57. The average Bonchev–Trinajstić information content (AvgIpc) is 2.32. The molecule has 4 N–H and O–H groups in total. The molecule has 7 heteroatoms. The zero-order valence-electron chi connectivity index (χ0n) is 13.5. The van der Waals surface area contributed by atoms with Gasteiger partial charge < -0.3 is 21.1 Å². The fraction of sp³-hybridized carbons (Fsp3) is 0.786. The summed E-state index contributed by atoms with van der Waals surface area (Å²) in [4.78, 5) is 36.1. The molecule has 0 aliphatic carbocycles. The number of hydrogen-bond donors (Lipinski definition) is 3. The fourth-order valence-electron chi connectivity index (χ4n) is 1.99. The predicted octanol–water partition coefficient (Wildman–Crippen LogP) is 1.17. The van der Waals surface area contributed by atoms with Crippen molar-refractivity contribution in [2.45, 2.75) is 59.0 Å². The number of nitrogens with one attached hydrogen (secondary N) is 1. The third-order valence-corrected chi connectivity index (χ3v) is 3.40. The van der Waals surface area contributed by atoms with Gasteiger partial charge in [-0.05, 0) is 26.7 Å². The molecule has 2 atom stereocenters. The van der Waals surface area contributed by atoms with Gasteiger partial charge in [0.05, 0.1) is 6.42 Å². The Balaban J connectivity index is 5.27. The lowest BCUT2D eigenvalue weighted by Gasteiger charge is -2.39. The highest BCUT2D eigenvalue weighted by atomic mass is 16.4. The van der Waals surface area contributed by atoms with Crippen molar-refractivity contribution in [2.75, 3.05) is 6.54 Å². The highest BCUT2D eigenvalue weighted by Crippen LogP contribution is 2.19. The zero-order valence-corrected chi connectivity index (χ0v) is 13.5. The van der Waals surface area contributed by atoms with Crippen LogP contribution < -0.4 is 11.1 Å². The first kappa shape index (κ1) is 19.2. The molecule has 7 nitrogen and oxygen atoms in total. The van der Waals surface area contributed by atoms with Crippen LogP contribution in [0, 0.1) is 5.92 Å². The summed E-state index contributed by atoms with van der Waals surface area (Å²) in [5.74, 6) is -1.38. The van der Waals surface area contributed by atoms with Gasteiger partial charge in [-0.2, -0.15) is 0 Å². The highest BCUT2D eigenvalue weighted by Gasteiger charge is 2.34. The van der Waals surface area contributed by atoms with Gasteiger partial charge in [-0.25, -0.2) is 4.79 Å². The summed E-state index contributed by atoms with van der Waals surface area (Å²) < 4.78 is 0. The number of urea groups is 1. The van der Waals surface area contributed by atoms with Crippen molar-refractivity contribution in [3.63, 3.8) is 0 Å². The molecular formula is C14H27N3O4. The van der Waals surface area contributed by atoms with Crippen LogP contribution in [0.3, 0.4) is 0 Å². The number of nitrogens with zero attached hydrogens (tertiary/aromatic N) is 1. The number of rotatable bonds is 7. The summed E-state index contributed by atoms with van der Waals surface area (Å²) in [5, 5.41) is 11.3. The number of aliphatic carboxylic acids is 1. The SMILES string of the molecule is CCC(C)C(NC(N)=O)C(=O)N(CCC(=O)O)C(C)(C)C. The topological polar surface area (TPSA) is 113 Å². The zero-order chi connectivity index (χ0) is 16.8. The summed E-state index contributed by atoms with van der Waals surface area (Å²) in [6.07, 6.45) is 0.542. The minimum absolute atomic E-state index is 0.0883. The standard InChI is InChI=1S/C14H27N3O4/c1-6-9(2)11(16-13(15)21)12(20)17(14(3,4)5)8-7-10(18)19/h9,11H,6-8H2,1-5H3,(H,18,19)(H3,15,16,21). The number of nitrogens with two attached hydrogens (primary N) is 1. The van der Waals surface area contributed by atoms with Crippen LogP contribution in [-0.4, -0.2) is 46.0 Å². The van der Waals surface area contributed by atoms with Gasteiger partial charge in [-0.1, -0.05) is 20.3 Å². The van der Waals surface area contributed by atoms with Crippen LogP contribution in [-0.2, 0) is 9.59 Å². The van der Waals surface area contributed by atoms with Gasteiger partial charge in [0, 0.05) is 12.1 Å². The number of carboxylic acids is 1. The summed E-state index contributed by atoms with van der Waals surface area (Å²) >= 11 is 0. The van der Waals surface area contributed by atoms with Crippen molar-refractivity contribution in [1.82, 2.24) is 10.2 Å². The van der Waals surface area contributed by atoms with Gasteiger partial charge in [0.25, 0.3) is 0 Å². The van der Waals surface area contributed by atoms with E-state index in [2.05, 4.69) is 5.32 Å². The maximum atomic E-state index is 12.7. The number of carbonyl (C=O) groups is 3. The number of amides is 3. The molecular weight excluding hydrogens is 274 g/mol. The second kappa shape index (κ2) is 7.85. The molecule has 0 aromatic rings. The van der Waals surface area contributed by atoms with Crippen molar-refractivity contribution in [3.05, 3.63) is 0 Å².